The number of oxime groups is 5. The van der Waals surface area contributed by atoms with Crippen LogP contribution in [0.5, 0.6) is 5.75 Å². The minimum Gasteiger partial charge on any atom is -0.497 e. The Hall–Kier alpha value is -11.5. The molecule has 5 aliphatic heterocycles. The van der Waals surface area contributed by atoms with Crippen LogP contribution in [0.25, 0.3) is 27.9 Å². The van der Waals surface area contributed by atoms with Gasteiger partial charge in [-0.3, -0.25) is 26.2 Å². The van der Waals surface area contributed by atoms with Crippen molar-refractivity contribution in [3.05, 3.63) is 287 Å². The first-order valence-corrected chi connectivity index (χ1v) is 49.8. The molecule has 2 fully saturated rings. The average molecular weight is 1860 g/mol. The van der Waals surface area contributed by atoms with Crippen molar-refractivity contribution >= 4 is 168 Å². The Bertz CT molecular complexity index is 6540. The molecule has 0 spiro atoms. The fraction of sp³-hybridized carbons (Fsp3) is 0.230. The molecular formula is C87H80N10O17S10. The lowest BCUT2D eigenvalue weighted by atomic mass is 9.70. The second-order valence-electron chi connectivity index (χ2n) is 28.3. The summed E-state index contributed by atoms with van der Waals surface area (Å²) in [5, 5.41) is 76.8. The largest absolute Gasteiger partial charge is 0.497 e. The maximum Gasteiger partial charge on any atom is 0.358 e. The van der Waals surface area contributed by atoms with Crippen LogP contribution < -0.4 is 4.74 Å². The van der Waals surface area contributed by atoms with Crippen molar-refractivity contribution in [2.75, 3.05) is 31.1 Å². The van der Waals surface area contributed by atoms with Crippen LogP contribution in [0.4, 0.5) is 0 Å². The van der Waals surface area contributed by atoms with Crippen LogP contribution in [-0.4, -0.2) is 104 Å². The van der Waals surface area contributed by atoms with Gasteiger partial charge in [-0.2, -0.15) is 68.4 Å². The third-order valence-corrected chi connectivity index (χ3v) is 27.8. The number of hydrogen-bond donors (Lipinski definition) is 0. The summed E-state index contributed by atoms with van der Waals surface area (Å²) in [6.07, 6.45) is 12.8. The monoisotopic (exact) mass is 1860 g/mol. The van der Waals surface area contributed by atoms with Gasteiger partial charge in [0.05, 0.1) is 58.7 Å². The van der Waals surface area contributed by atoms with Gasteiger partial charge in [0.15, 0.2) is 0 Å². The molecule has 0 aromatic heterocycles. The first-order valence-electron chi connectivity index (χ1n) is 37.2. The van der Waals surface area contributed by atoms with E-state index in [-0.39, 0.29) is 33.5 Å². The zero-order chi connectivity index (χ0) is 90.4. The minimum atomic E-state index is -4.08. The minimum absolute atomic E-state index is 0.0115. The summed E-state index contributed by atoms with van der Waals surface area (Å²) in [5.74, 6) is 0.454. The molecule has 0 N–H and O–H groups in total. The molecule has 7 aliphatic rings. The number of benzene rings is 6. The quantitative estimate of drug-likeness (QED) is 0.0477. The van der Waals surface area contributed by atoms with Gasteiger partial charge in [0, 0.05) is 34.3 Å². The van der Waals surface area contributed by atoms with E-state index in [0.29, 0.717) is 112 Å². The molecule has 124 heavy (non-hydrogen) atoms. The van der Waals surface area contributed by atoms with Gasteiger partial charge in [0.1, 0.15) is 77.7 Å². The summed E-state index contributed by atoms with van der Waals surface area (Å²) in [6, 6.07) is 54.1. The molecule has 6 aromatic carbocycles. The van der Waals surface area contributed by atoms with Gasteiger partial charge in [0.25, 0.3) is 0 Å². The van der Waals surface area contributed by atoms with E-state index in [0.717, 1.165) is 69.0 Å². The van der Waals surface area contributed by atoms with Gasteiger partial charge in [0.2, 0.25) is 0 Å². The van der Waals surface area contributed by atoms with Gasteiger partial charge in [-0.05, 0) is 209 Å². The van der Waals surface area contributed by atoms with E-state index in [1.165, 1.54) is 70.9 Å². The molecule has 37 heteroatoms. The fourth-order valence-corrected chi connectivity index (χ4v) is 20.5. The summed E-state index contributed by atoms with van der Waals surface area (Å²) in [5.41, 5.74) is 12.0. The van der Waals surface area contributed by atoms with Crippen molar-refractivity contribution in [1.29, 1.82) is 26.3 Å². The maximum absolute atomic E-state index is 12.8. The fourth-order valence-electron chi connectivity index (χ4n) is 13.3. The highest BCUT2D eigenvalue weighted by Crippen LogP contribution is 2.64. The number of methoxy groups -OCH3 is 1. The molecule has 0 saturated heterocycles. The molecule has 27 nitrogen and oxygen atoms in total. The number of hydrogen-bond acceptors (Lipinski definition) is 32. The van der Waals surface area contributed by atoms with Crippen molar-refractivity contribution in [2.24, 2.45) is 42.5 Å². The first kappa shape index (κ1) is 96.3. The Morgan fingerprint density at radius 2 is 0.758 bits per heavy atom. The maximum atomic E-state index is 12.8. The van der Waals surface area contributed by atoms with Crippen molar-refractivity contribution in [1.82, 2.24) is 0 Å². The van der Waals surface area contributed by atoms with Crippen LogP contribution >= 0.6 is 58.8 Å². The summed E-state index contributed by atoms with van der Waals surface area (Å²) >= 11 is 6.01. The normalized spacial score (nSPS) is 20.8. The first-order chi connectivity index (χ1) is 58.9. The summed E-state index contributed by atoms with van der Waals surface area (Å²) in [7, 11) is -17.6. The van der Waals surface area contributed by atoms with E-state index >= 15 is 0 Å². The lowest BCUT2D eigenvalue weighted by Crippen LogP contribution is -2.42. The molecule has 0 amide bonds. The number of fused-ring (bicyclic) bond motifs is 2. The van der Waals surface area contributed by atoms with E-state index in [2.05, 4.69) is 64.7 Å². The molecular weight excluding hydrogens is 1780 g/mol. The summed E-state index contributed by atoms with van der Waals surface area (Å²) in [6.45, 7) is 15.2. The van der Waals surface area contributed by atoms with E-state index in [9.17, 15) is 73.2 Å². The number of Topliss-reactive ketones (excluding diaryl/α,β-unsaturated/α-hetero) is 1. The zero-order valence-corrected chi connectivity index (χ0v) is 76.6. The Labute approximate surface area is 743 Å². The van der Waals surface area contributed by atoms with Gasteiger partial charge in [-0.15, -0.1) is 0 Å². The van der Waals surface area contributed by atoms with Crippen molar-refractivity contribution in [3.8, 4) is 36.1 Å². The highest BCUT2D eigenvalue weighted by atomic mass is 32.2. The number of aryl methyl sites for hydroxylation is 5. The highest BCUT2D eigenvalue weighted by Gasteiger charge is 2.66. The molecule has 2 aliphatic carbocycles. The summed E-state index contributed by atoms with van der Waals surface area (Å²) < 4.78 is 146. The van der Waals surface area contributed by atoms with Crippen LogP contribution in [0.3, 0.4) is 0 Å². The van der Waals surface area contributed by atoms with E-state index in [4.69, 9.17) is 17.6 Å². The molecule has 13 rings (SSSR count). The van der Waals surface area contributed by atoms with Crippen LogP contribution in [0.1, 0.15) is 102 Å². The molecule has 2 unspecified atom stereocenters. The van der Waals surface area contributed by atoms with Crippen LogP contribution in [0, 0.1) is 108 Å². The van der Waals surface area contributed by atoms with E-state index in [1.54, 1.807) is 108 Å². The van der Waals surface area contributed by atoms with Crippen molar-refractivity contribution in [3.63, 3.8) is 0 Å². The smallest absolute Gasteiger partial charge is 0.358 e. The van der Waals surface area contributed by atoms with Crippen LogP contribution in [0.2, 0.25) is 0 Å². The second kappa shape index (κ2) is 42.7. The van der Waals surface area contributed by atoms with Gasteiger partial charge in [-0.25, -0.2) is 0 Å². The van der Waals surface area contributed by atoms with E-state index in [1.807, 2.05) is 146 Å². The number of thioether (sulfide) groups is 5. The molecule has 5 heterocycles. The van der Waals surface area contributed by atoms with Gasteiger partial charge < -0.3 is 4.74 Å². The molecule has 640 valence electrons. The molecule has 2 bridgehead atoms. The Kier molecular flexibility index (Phi) is 33.2. The Morgan fingerprint density at radius 1 is 0.435 bits per heavy atom. The average Bonchev–Trinajstić information content (AvgIpc) is 1.55. The van der Waals surface area contributed by atoms with Gasteiger partial charge >= 0.3 is 50.6 Å². The molecule has 6 aromatic rings. The number of allylic oxidation sites excluding steroid dienone is 10. The highest BCUT2D eigenvalue weighted by molar-refractivity contribution is 8.18. The molecule has 2 atom stereocenters. The third kappa shape index (κ3) is 24.7. The standard InChI is InChI=1S/C23H24N2O4S2.C20H16N2O3S2.C16H16N2O3S2.C14H12N2O4S2.C14H12N2O3S2/c1-15-6-4-5-7-17(15)19(13-24)18-9-11-30-21(18)25-29-31(27,28)14-23-10-8-16(12-20(23)26)22(23,2)3;1-14-7-9-16(10-8-14)27(23,24)25-22-20-18(11-12-26-20)19(13-21)17-6-4-3-5-15(17)2;1-3-10-23(19,20)21-18-16-14(8-9-22-16)15(11-17)13-7-5-4-6-12(13)2;1-19-11-5-3-10(4-6-11)13(9-15)12-7-8-21-14(12)16-20-22(2,17)18;1-10-5-3-4-6-11(10)13(9-15)12-7-8-20-14(12)16-19-21(2,17)18/h4-7,9,11,16H,8,10,12,14H2,1-3H3;3-12H,1-2H3;4-9H,3,10H2,1-2H3;3-8H,1-2H3;3-8H,1-2H3/b19-18+,25-21-;19-18+,22-20-;15-14+,18-16-;2*13-12+,16-14-. The predicted molar refractivity (Wildman–Crippen MR) is 491 cm³/mol. The predicted octanol–water partition coefficient (Wildman–Crippen LogP) is 18.1. The third-order valence-electron chi connectivity index (χ3n) is 19.7. The molecule has 2 saturated carbocycles. The topological polar surface area (TPSA) is 424 Å². The number of carbonyl (C=O) groups is 1. The van der Waals surface area contributed by atoms with Crippen LogP contribution in [0.15, 0.2) is 262 Å². The second-order valence-corrected chi connectivity index (χ2v) is 40.6. The van der Waals surface area contributed by atoms with Crippen molar-refractivity contribution < 1.29 is 73.0 Å². The molecule has 0 radical (unpaired) electrons. The number of ether oxygens (including phenoxy) is 1. The summed E-state index contributed by atoms with van der Waals surface area (Å²) in [4.78, 5) is 12.7. The van der Waals surface area contributed by atoms with E-state index < -0.39 is 56.0 Å². The lowest BCUT2D eigenvalue weighted by molar-refractivity contribution is -0.128. The number of rotatable bonds is 21. The van der Waals surface area contributed by atoms with Gasteiger partial charge in [-0.1, -0.05) is 220 Å². The number of nitriles is 5. The Balaban J connectivity index is 0.000000177. The van der Waals surface area contributed by atoms with Crippen molar-refractivity contribution in [2.45, 2.75) is 86.0 Å². The lowest BCUT2D eigenvalue weighted by Gasteiger charge is -2.35. The number of carbonyl (C=O) groups excluding carboxylic acids is 1. The van der Waals surface area contributed by atoms with Crippen LogP contribution in [-0.2, 0) is 76.8 Å². The number of nitrogens with zero attached hydrogens (tertiary/aromatic N) is 10. The number of ketones is 1. The Morgan fingerprint density at radius 3 is 1.06 bits per heavy atom. The zero-order valence-electron chi connectivity index (χ0n) is 68.4. The SMILES string of the molecule is CCCS(=O)(=O)O/N=C1\SC=C\C1=C(\C#N)c1ccccc1C.COc1ccc(/C(C#N)=C2\C=CS\C2=N/OS(C)(=O)=O)cc1.Cc1ccc(S(=O)(=O)O/N=C2\SC=C\C2=C(\C#N)c2ccccc2C)cc1.Cc1ccccc1/C(C#N)=C1\C=CS\C1=N/OS(=O)(=O)CC12CCC(CC1=O)C2(C)C.Cc1ccccc1/C(C#N)=C1\C=CS\C1=N/OS(C)(=O)=O.